The van der Waals surface area contributed by atoms with E-state index < -0.39 is 0 Å². The van der Waals surface area contributed by atoms with Gasteiger partial charge in [-0.25, -0.2) is 0 Å². The lowest BCUT2D eigenvalue weighted by atomic mass is 10.2. The molecule has 0 bridgehead atoms. The normalized spacial score (nSPS) is 13.8. The first-order valence-electron chi connectivity index (χ1n) is 8.48. The zero-order chi connectivity index (χ0) is 18.2. The highest BCUT2D eigenvalue weighted by atomic mass is 127. The van der Waals surface area contributed by atoms with Crippen molar-refractivity contribution in [2.45, 2.75) is 52.8 Å². The number of aryl methyl sites for hydroxylation is 1. The van der Waals surface area contributed by atoms with Crippen LogP contribution < -0.4 is 10.6 Å². The number of nitrogens with zero attached hydrogens (tertiary/aromatic N) is 3. The second-order valence-electron chi connectivity index (χ2n) is 5.83. The first-order chi connectivity index (χ1) is 12.0. The first-order valence-corrected chi connectivity index (χ1v) is 9.30. The molecule has 0 saturated heterocycles. The van der Waals surface area contributed by atoms with Crippen LogP contribution in [0.25, 0.3) is 0 Å². The molecule has 0 saturated carbocycles. The highest BCUT2D eigenvalue weighted by molar-refractivity contribution is 14.0. The average Bonchev–Trinajstić information content (AvgIpc) is 3.20. The van der Waals surface area contributed by atoms with Crippen molar-refractivity contribution >= 4 is 41.3 Å². The molecule has 0 aliphatic rings. The Bertz CT molecular complexity index is 688. The third kappa shape index (κ3) is 7.20. The SMILES string of the molecule is CCOC(C)c1noc(CNC(=NC)NC(C)Cc2ccc(C)s2)n1.I. The molecule has 0 aromatic carbocycles. The van der Waals surface area contributed by atoms with Crippen LogP contribution in [0.1, 0.15) is 48.3 Å². The molecule has 0 aliphatic carbocycles. The molecule has 26 heavy (non-hydrogen) atoms. The molecule has 0 radical (unpaired) electrons. The monoisotopic (exact) mass is 493 g/mol. The van der Waals surface area contributed by atoms with Crippen molar-refractivity contribution < 1.29 is 9.26 Å². The average molecular weight is 493 g/mol. The minimum Gasteiger partial charge on any atom is -0.371 e. The fourth-order valence-electron chi connectivity index (χ4n) is 2.36. The minimum atomic E-state index is -0.172. The Kier molecular flexibility index (Phi) is 10.1. The van der Waals surface area contributed by atoms with E-state index in [0.29, 0.717) is 30.8 Å². The molecule has 0 amide bonds. The summed E-state index contributed by atoms with van der Waals surface area (Å²) in [7, 11) is 1.74. The van der Waals surface area contributed by atoms with Gasteiger partial charge < -0.3 is 19.9 Å². The van der Waals surface area contributed by atoms with Crippen LogP contribution in [0.15, 0.2) is 21.6 Å². The van der Waals surface area contributed by atoms with Gasteiger partial charge in [-0.15, -0.1) is 35.3 Å². The molecule has 2 rings (SSSR count). The number of guanidine groups is 1. The fraction of sp³-hybridized carbons (Fsp3) is 0.588. The summed E-state index contributed by atoms with van der Waals surface area (Å²) in [4.78, 5) is 11.3. The minimum absolute atomic E-state index is 0. The van der Waals surface area contributed by atoms with E-state index in [4.69, 9.17) is 9.26 Å². The van der Waals surface area contributed by atoms with Gasteiger partial charge in [-0.1, -0.05) is 5.16 Å². The Balaban J connectivity index is 0.00000338. The summed E-state index contributed by atoms with van der Waals surface area (Å²) in [6.07, 6.45) is 0.782. The van der Waals surface area contributed by atoms with Crippen molar-refractivity contribution in [3.05, 3.63) is 33.6 Å². The topological polar surface area (TPSA) is 84.6 Å². The van der Waals surface area contributed by atoms with E-state index in [1.54, 1.807) is 7.05 Å². The number of aliphatic imine (C=N–C) groups is 1. The standard InChI is InChI=1S/C17H27N5O2S.HI/c1-6-23-13(4)16-21-15(24-22-16)10-19-17(18-5)20-11(2)9-14-8-7-12(3)25-14;/h7-8,11,13H,6,9-10H2,1-5H3,(H2,18,19,20);1H. The Morgan fingerprint density at radius 1 is 1.38 bits per heavy atom. The highest BCUT2D eigenvalue weighted by Crippen LogP contribution is 2.16. The van der Waals surface area contributed by atoms with Gasteiger partial charge in [-0.3, -0.25) is 4.99 Å². The van der Waals surface area contributed by atoms with Gasteiger partial charge >= 0.3 is 0 Å². The molecule has 0 spiro atoms. The van der Waals surface area contributed by atoms with E-state index in [1.165, 1.54) is 9.75 Å². The summed E-state index contributed by atoms with van der Waals surface area (Å²) in [5.74, 6) is 1.77. The lowest BCUT2D eigenvalue weighted by molar-refractivity contribution is 0.0683. The molecule has 2 aromatic rings. The van der Waals surface area contributed by atoms with Gasteiger partial charge in [0.2, 0.25) is 5.89 Å². The van der Waals surface area contributed by atoms with Crippen molar-refractivity contribution in [2.75, 3.05) is 13.7 Å². The zero-order valence-electron chi connectivity index (χ0n) is 15.9. The molecule has 2 N–H and O–H groups in total. The van der Waals surface area contributed by atoms with Gasteiger partial charge in [-0.05, 0) is 39.8 Å². The van der Waals surface area contributed by atoms with E-state index in [-0.39, 0.29) is 36.1 Å². The molecule has 2 atom stereocenters. The molecule has 0 aliphatic heterocycles. The summed E-state index contributed by atoms with van der Waals surface area (Å²) >= 11 is 1.82. The highest BCUT2D eigenvalue weighted by Gasteiger charge is 2.14. The van der Waals surface area contributed by atoms with E-state index in [9.17, 15) is 0 Å². The lowest BCUT2D eigenvalue weighted by Gasteiger charge is -2.16. The lowest BCUT2D eigenvalue weighted by Crippen LogP contribution is -2.42. The summed E-state index contributed by atoms with van der Waals surface area (Å²) in [5.41, 5.74) is 0. The zero-order valence-corrected chi connectivity index (χ0v) is 19.1. The van der Waals surface area contributed by atoms with E-state index in [1.807, 2.05) is 25.2 Å². The number of hydrogen-bond donors (Lipinski definition) is 2. The summed E-state index contributed by atoms with van der Waals surface area (Å²) in [6, 6.07) is 4.59. The van der Waals surface area contributed by atoms with Crippen molar-refractivity contribution in [3.63, 3.8) is 0 Å². The number of thiophene rings is 1. The van der Waals surface area contributed by atoms with Crippen LogP contribution >= 0.6 is 35.3 Å². The molecule has 2 heterocycles. The summed E-state index contributed by atoms with van der Waals surface area (Å²) in [5, 5.41) is 10.5. The Morgan fingerprint density at radius 2 is 2.15 bits per heavy atom. The molecular weight excluding hydrogens is 465 g/mol. The predicted molar refractivity (Wildman–Crippen MR) is 115 cm³/mol. The third-order valence-corrected chi connectivity index (χ3v) is 4.60. The molecule has 2 aromatic heterocycles. The maximum absolute atomic E-state index is 5.46. The van der Waals surface area contributed by atoms with Gasteiger partial charge in [0.1, 0.15) is 6.10 Å². The smallest absolute Gasteiger partial charge is 0.246 e. The summed E-state index contributed by atoms with van der Waals surface area (Å²) < 4.78 is 10.7. The number of ether oxygens (including phenoxy) is 1. The number of rotatable bonds is 8. The van der Waals surface area contributed by atoms with Gasteiger partial charge in [0, 0.05) is 35.9 Å². The predicted octanol–water partition coefficient (Wildman–Crippen LogP) is 3.45. The van der Waals surface area contributed by atoms with E-state index in [2.05, 4.69) is 51.7 Å². The summed E-state index contributed by atoms with van der Waals surface area (Å²) in [6.45, 7) is 9.12. The van der Waals surface area contributed by atoms with Crippen molar-refractivity contribution in [1.29, 1.82) is 0 Å². The number of halogens is 1. The Labute approximate surface area is 176 Å². The molecule has 146 valence electrons. The number of aromatic nitrogens is 2. The van der Waals surface area contributed by atoms with Gasteiger partial charge in [0.15, 0.2) is 11.8 Å². The second-order valence-corrected chi connectivity index (χ2v) is 7.20. The van der Waals surface area contributed by atoms with E-state index in [0.717, 1.165) is 6.42 Å². The van der Waals surface area contributed by atoms with Gasteiger partial charge in [0.05, 0.1) is 6.54 Å². The van der Waals surface area contributed by atoms with Crippen LogP contribution in [0, 0.1) is 6.92 Å². The van der Waals surface area contributed by atoms with Crippen LogP contribution in [0.5, 0.6) is 0 Å². The molecule has 2 unspecified atom stereocenters. The van der Waals surface area contributed by atoms with Crippen LogP contribution in [0.2, 0.25) is 0 Å². The van der Waals surface area contributed by atoms with Crippen molar-refractivity contribution in [1.82, 2.24) is 20.8 Å². The third-order valence-electron chi connectivity index (χ3n) is 3.58. The first kappa shape index (κ1) is 22.8. The second kappa shape index (κ2) is 11.5. The van der Waals surface area contributed by atoms with Crippen LogP contribution in [-0.2, 0) is 17.7 Å². The van der Waals surface area contributed by atoms with Gasteiger partial charge in [-0.2, -0.15) is 4.98 Å². The van der Waals surface area contributed by atoms with Crippen LogP contribution in [0.4, 0.5) is 0 Å². The van der Waals surface area contributed by atoms with Crippen molar-refractivity contribution in [3.8, 4) is 0 Å². The quantitative estimate of drug-likeness (QED) is 0.333. The van der Waals surface area contributed by atoms with E-state index >= 15 is 0 Å². The molecule has 9 heteroatoms. The van der Waals surface area contributed by atoms with Crippen molar-refractivity contribution in [2.24, 2.45) is 4.99 Å². The van der Waals surface area contributed by atoms with Gasteiger partial charge in [0.25, 0.3) is 0 Å². The van der Waals surface area contributed by atoms with Crippen LogP contribution in [0.3, 0.4) is 0 Å². The van der Waals surface area contributed by atoms with Crippen LogP contribution in [-0.4, -0.2) is 35.8 Å². The maximum Gasteiger partial charge on any atom is 0.246 e. The molecule has 0 fully saturated rings. The number of nitrogens with one attached hydrogen (secondary N) is 2. The molecular formula is C17H28IN5O2S. The fourth-order valence-corrected chi connectivity index (χ4v) is 3.38. The Morgan fingerprint density at radius 3 is 2.77 bits per heavy atom. The largest absolute Gasteiger partial charge is 0.371 e. The molecule has 7 nitrogen and oxygen atoms in total. The maximum atomic E-state index is 5.46. The number of hydrogen-bond acceptors (Lipinski definition) is 6. The Hall–Kier alpha value is -1.20.